The van der Waals surface area contributed by atoms with Gasteiger partial charge in [-0.25, -0.2) is 15.0 Å². The van der Waals surface area contributed by atoms with Crippen molar-refractivity contribution in [1.82, 2.24) is 25.3 Å². The smallest absolute Gasteiger partial charge is 0.232 e. The van der Waals surface area contributed by atoms with Crippen LogP contribution in [0, 0.1) is 0 Å². The Morgan fingerprint density at radius 1 is 1.06 bits per heavy atom. The van der Waals surface area contributed by atoms with E-state index in [9.17, 15) is 0 Å². The molecule has 0 bridgehead atoms. The number of aromatic nitrogens is 4. The minimum absolute atomic E-state index is 0.247. The third-order valence-electron chi connectivity index (χ3n) is 4.88. The van der Waals surface area contributed by atoms with Crippen molar-refractivity contribution in [1.29, 1.82) is 0 Å². The molecule has 0 unspecified atom stereocenters. The summed E-state index contributed by atoms with van der Waals surface area (Å²) in [6.45, 7) is 3.60. The highest BCUT2D eigenvalue weighted by Crippen LogP contribution is 2.32. The Labute approximate surface area is 200 Å². The molecule has 2 aliphatic rings. The molecular weight excluding hydrogens is 462 g/mol. The topological polar surface area (TPSA) is 107 Å². The van der Waals surface area contributed by atoms with Crippen LogP contribution in [0.2, 0.25) is 0 Å². The van der Waals surface area contributed by atoms with E-state index in [1.165, 1.54) is 11.8 Å². The molecule has 0 amide bonds. The van der Waals surface area contributed by atoms with E-state index in [1.807, 2.05) is 24.3 Å². The molecule has 1 aromatic carbocycles. The van der Waals surface area contributed by atoms with Crippen molar-refractivity contribution in [3.63, 3.8) is 0 Å². The number of benzene rings is 1. The third kappa shape index (κ3) is 5.59. The summed E-state index contributed by atoms with van der Waals surface area (Å²) in [5, 5.41) is 8.03. The Balaban J connectivity index is 1.29. The number of nitrogens with one attached hydrogen (secondary N) is 2. The molecule has 0 spiro atoms. The highest BCUT2D eigenvalue weighted by molar-refractivity contribution is 7.99. The highest BCUT2D eigenvalue weighted by atomic mass is 32.2. The molecule has 12 heteroatoms. The average Bonchev–Trinajstić information content (AvgIpc) is 3.32. The molecule has 5 rings (SSSR count). The van der Waals surface area contributed by atoms with Gasteiger partial charge in [0, 0.05) is 38.1 Å². The second kappa shape index (κ2) is 10.1. The molecule has 2 N–H and O–H groups in total. The Morgan fingerprint density at radius 3 is 2.73 bits per heavy atom. The van der Waals surface area contributed by atoms with Gasteiger partial charge in [0.15, 0.2) is 21.8 Å². The number of fused-ring (bicyclic) bond motifs is 1. The van der Waals surface area contributed by atoms with Gasteiger partial charge in [-0.3, -0.25) is 0 Å². The summed E-state index contributed by atoms with van der Waals surface area (Å²) in [5.41, 5.74) is 1.02. The minimum atomic E-state index is 0.247. The van der Waals surface area contributed by atoms with Gasteiger partial charge in [-0.1, -0.05) is 6.07 Å². The van der Waals surface area contributed by atoms with E-state index < -0.39 is 0 Å². The molecule has 2 aromatic heterocycles. The van der Waals surface area contributed by atoms with Gasteiger partial charge in [0.2, 0.25) is 12.7 Å². The number of ether oxygens (including phenoxy) is 3. The van der Waals surface area contributed by atoms with E-state index in [1.54, 1.807) is 18.5 Å². The van der Waals surface area contributed by atoms with Crippen LogP contribution >= 0.6 is 24.0 Å². The molecule has 0 saturated carbocycles. The van der Waals surface area contributed by atoms with Crippen LogP contribution in [-0.4, -0.2) is 58.1 Å². The summed E-state index contributed by atoms with van der Waals surface area (Å²) in [6, 6.07) is 9.50. The van der Waals surface area contributed by atoms with Gasteiger partial charge in [0.25, 0.3) is 0 Å². The van der Waals surface area contributed by atoms with Gasteiger partial charge in [-0.15, -0.1) is 0 Å². The lowest BCUT2D eigenvalue weighted by Crippen LogP contribution is -2.37. The molecule has 0 radical (unpaired) electrons. The predicted octanol–water partition coefficient (Wildman–Crippen LogP) is 2.47. The summed E-state index contributed by atoms with van der Waals surface area (Å²) < 4.78 is 16.3. The first-order valence-electron chi connectivity index (χ1n) is 10.3. The molecule has 0 atom stereocenters. The maximum atomic E-state index is 5.48. The van der Waals surface area contributed by atoms with Crippen molar-refractivity contribution in [2.45, 2.75) is 16.7 Å². The monoisotopic (exact) mass is 483 g/mol. The van der Waals surface area contributed by atoms with Crippen LogP contribution in [0.15, 0.2) is 52.9 Å². The van der Waals surface area contributed by atoms with Gasteiger partial charge in [0.1, 0.15) is 10.8 Å². The zero-order valence-corrected chi connectivity index (χ0v) is 19.2. The fourth-order valence-electron chi connectivity index (χ4n) is 3.29. The molecule has 10 nitrogen and oxygen atoms in total. The van der Waals surface area contributed by atoms with Gasteiger partial charge in [0.05, 0.1) is 13.2 Å². The number of anilines is 2. The van der Waals surface area contributed by atoms with E-state index >= 15 is 0 Å². The lowest BCUT2D eigenvalue weighted by Gasteiger charge is -2.28. The van der Waals surface area contributed by atoms with Crippen LogP contribution in [0.3, 0.4) is 0 Å². The number of nitrogens with zero attached hydrogens (tertiary/aromatic N) is 5. The van der Waals surface area contributed by atoms with Gasteiger partial charge < -0.3 is 29.7 Å². The lowest BCUT2D eigenvalue weighted by molar-refractivity contribution is 0.122. The normalized spacial score (nSPS) is 14.7. The maximum absolute atomic E-state index is 5.48. The Hall–Kier alpha value is -3.22. The first-order valence-corrected chi connectivity index (χ1v) is 11.6. The standard InChI is InChI=1S/C21H21N7O3S2/c32-20(24-12-14-2-3-15-16(10-14)31-13-30-15)27-19-25-17(28-6-8-29-9-7-28)11-18(26-19)33-21-22-4-1-5-23-21/h1-5,10-11H,6-9,12-13H2,(H2,24,25,26,27,32). The van der Waals surface area contributed by atoms with Crippen molar-refractivity contribution < 1.29 is 14.2 Å². The molecule has 3 aromatic rings. The van der Waals surface area contributed by atoms with E-state index in [2.05, 4.69) is 35.5 Å². The van der Waals surface area contributed by atoms with Crippen LogP contribution in [0.4, 0.5) is 11.8 Å². The average molecular weight is 484 g/mol. The third-order valence-corrected chi connectivity index (χ3v) is 5.94. The summed E-state index contributed by atoms with van der Waals surface area (Å²) >= 11 is 6.85. The first-order chi connectivity index (χ1) is 16.2. The van der Waals surface area contributed by atoms with E-state index in [-0.39, 0.29) is 6.79 Å². The van der Waals surface area contributed by atoms with Crippen LogP contribution in [0.1, 0.15) is 5.56 Å². The van der Waals surface area contributed by atoms with E-state index in [0.717, 1.165) is 41.0 Å². The van der Waals surface area contributed by atoms with Crippen LogP contribution < -0.4 is 25.0 Å². The number of rotatable bonds is 6. The van der Waals surface area contributed by atoms with Crippen molar-refractivity contribution in [3.05, 3.63) is 48.3 Å². The zero-order chi connectivity index (χ0) is 22.5. The predicted molar refractivity (Wildman–Crippen MR) is 127 cm³/mol. The maximum Gasteiger partial charge on any atom is 0.232 e. The first kappa shape index (κ1) is 21.6. The summed E-state index contributed by atoms with van der Waals surface area (Å²) in [5.74, 6) is 2.69. The van der Waals surface area contributed by atoms with Gasteiger partial charge >= 0.3 is 0 Å². The number of hydrogen-bond acceptors (Lipinski definition) is 10. The molecule has 0 aliphatic carbocycles. The summed E-state index contributed by atoms with van der Waals surface area (Å²) in [6.07, 6.45) is 3.40. The molecule has 1 fully saturated rings. The molecule has 170 valence electrons. The minimum Gasteiger partial charge on any atom is -0.454 e. The van der Waals surface area contributed by atoms with E-state index in [0.29, 0.717) is 36.0 Å². The van der Waals surface area contributed by atoms with Crippen LogP contribution in [0.25, 0.3) is 0 Å². The van der Waals surface area contributed by atoms with Crippen LogP contribution in [0.5, 0.6) is 11.5 Å². The second-order valence-electron chi connectivity index (χ2n) is 7.12. The van der Waals surface area contributed by atoms with Crippen molar-refractivity contribution in [2.75, 3.05) is 43.3 Å². The largest absolute Gasteiger partial charge is 0.454 e. The Bertz CT molecular complexity index is 1130. The lowest BCUT2D eigenvalue weighted by atomic mass is 10.2. The Kier molecular flexibility index (Phi) is 6.65. The summed E-state index contributed by atoms with van der Waals surface area (Å²) in [7, 11) is 0. The fraction of sp³-hybridized carbons (Fsp3) is 0.286. The van der Waals surface area contributed by atoms with Crippen molar-refractivity contribution in [2.24, 2.45) is 0 Å². The summed E-state index contributed by atoms with van der Waals surface area (Å²) in [4.78, 5) is 20.0. The van der Waals surface area contributed by atoms with E-state index in [4.69, 9.17) is 26.4 Å². The number of morpholine rings is 1. The zero-order valence-electron chi connectivity index (χ0n) is 17.6. The molecule has 4 heterocycles. The van der Waals surface area contributed by atoms with Crippen LogP contribution in [-0.2, 0) is 11.3 Å². The second-order valence-corrected chi connectivity index (χ2v) is 8.51. The molecule has 1 saturated heterocycles. The van der Waals surface area contributed by atoms with Gasteiger partial charge in [-0.05, 0) is 47.7 Å². The quantitative estimate of drug-likeness (QED) is 0.306. The van der Waals surface area contributed by atoms with Crippen molar-refractivity contribution >= 4 is 40.9 Å². The molecule has 2 aliphatic heterocycles. The Morgan fingerprint density at radius 2 is 1.88 bits per heavy atom. The number of thiocarbonyl (C=S) groups is 1. The fourth-order valence-corrected chi connectivity index (χ4v) is 4.16. The molecular formula is C21H21N7O3S2. The number of hydrogen-bond donors (Lipinski definition) is 2. The van der Waals surface area contributed by atoms with Gasteiger partial charge in [-0.2, -0.15) is 4.98 Å². The molecule has 33 heavy (non-hydrogen) atoms. The SMILES string of the molecule is S=C(NCc1ccc2c(c1)OCO2)Nc1nc(Sc2ncccn2)cc(N2CCOCC2)n1. The van der Waals surface area contributed by atoms with Crippen molar-refractivity contribution in [3.8, 4) is 11.5 Å². The highest BCUT2D eigenvalue weighted by Gasteiger charge is 2.17.